The minimum atomic E-state index is 0.897. The molecule has 0 aliphatic carbocycles. The monoisotopic (exact) mass is 240 g/mol. The van der Waals surface area contributed by atoms with Gasteiger partial charge in [-0.05, 0) is 23.7 Å². The van der Waals surface area contributed by atoms with Gasteiger partial charge in [0.2, 0.25) is 0 Å². The highest BCUT2D eigenvalue weighted by atomic mass is 14.2. The van der Waals surface area contributed by atoms with Crippen molar-refractivity contribution in [2.24, 2.45) is 23.7 Å². The third-order valence-electron chi connectivity index (χ3n) is 4.70. The molecule has 0 spiro atoms. The van der Waals surface area contributed by atoms with Crippen LogP contribution in [0.15, 0.2) is 0 Å². The average molecular weight is 240 g/mol. The molecule has 0 radical (unpaired) electrons. The summed E-state index contributed by atoms with van der Waals surface area (Å²) >= 11 is 0. The molecule has 104 valence electrons. The molecule has 17 heavy (non-hydrogen) atoms. The molecule has 0 aromatic rings. The summed E-state index contributed by atoms with van der Waals surface area (Å²) in [6, 6.07) is 0. The SMILES string of the molecule is CCCCC(C)CCC(C)C(C)C(C)CCC. The van der Waals surface area contributed by atoms with Gasteiger partial charge in [0.1, 0.15) is 0 Å². The first-order valence-electron chi connectivity index (χ1n) is 8.02. The fourth-order valence-corrected chi connectivity index (χ4v) is 2.79. The van der Waals surface area contributed by atoms with E-state index in [0.717, 1.165) is 23.7 Å². The van der Waals surface area contributed by atoms with E-state index in [0.29, 0.717) is 0 Å². The molecular formula is C17H36. The standard InChI is InChI=1S/C17H36/c1-7-9-11-14(3)12-13-16(5)17(6)15(4)10-8-2/h14-17H,7-13H2,1-6H3. The topological polar surface area (TPSA) is 0 Å². The highest BCUT2D eigenvalue weighted by Gasteiger charge is 2.18. The van der Waals surface area contributed by atoms with E-state index in [9.17, 15) is 0 Å². The lowest BCUT2D eigenvalue weighted by Crippen LogP contribution is -2.17. The summed E-state index contributed by atoms with van der Waals surface area (Å²) in [5.74, 6) is 3.64. The molecule has 0 N–H and O–H groups in total. The second kappa shape index (κ2) is 9.97. The van der Waals surface area contributed by atoms with E-state index in [2.05, 4.69) is 41.5 Å². The van der Waals surface area contributed by atoms with Gasteiger partial charge in [0.15, 0.2) is 0 Å². The molecule has 0 bridgehead atoms. The maximum Gasteiger partial charge on any atom is -0.0391 e. The first-order valence-corrected chi connectivity index (χ1v) is 8.02. The Hall–Kier alpha value is 0. The van der Waals surface area contributed by atoms with E-state index in [4.69, 9.17) is 0 Å². The molecule has 0 heteroatoms. The predicted octanol–water partition coefficient (Wildman–Crippen LogP) is 6.30. The summed E-state index contributed by atoms with van der Waals surface area (Å²) in [5, 5.41) is 0. The van der Waals surface area contributed by atoms with Crippen LogP contribution in [0, 0.1) is 23.7 Å². The zero-order valence-electron chi connectivity index (χ0n) is 13.3. The molecule has 0 aromatic heterocycles. The zero-order chi connectivity index (χ0) is 13.3. The van der Waals surface area contributed by atoms with Gasteiger partial charge >= 0.3 is 0 Å². The van der Waals surface area contributed by atoms with Crippen LogP contribution in [0.3, 0.4) is 0 Å². The van der Waals surface area contributed by atoms with Crippen LogP contribution in [0.25, 0.3) is 0 Å². The predicted molar refractivity (Wildman–Crippen MR) is 80.3 cm³/mol. The lowest BCUT2D eigenvalue weighted by Gasteiger charge is -2.27. The Morgan fingerprint density at radius 3 is 1.76 bits per heavy atom. The number of rotatable bonds is 10. The first kappa shape index (κ1) is 17.0. The van der Waals surface area contributed by atoms with Crippen molar-refractivity contribution in [1.29, 1.82) is 0 Å². The minimum absolute atomic E-state index is 0.897. The Balaban J connectivity index is 3.79. The molecule has 0 fully saturated rings. The van der Waals surface area contributed by atoms with Gasteiger partial charge in [-0.3, -0.25) is 0 Å². The highest BCUT2D eigenvalue weighted by molar-refractivity contribution is 4.69. The molecule has 0 heterocycles. The highest BCUT2D eigenvalue weighted by Crippen LogP contribution is 2.29. The lowest BCUT2D eigenvalue weighted by molar-refractivity contribution is 0.239. The summed E-state index contributed by atoms with van der Waals surface area (Å²) in [7, 11) is 0. The van der Waals surface area contributed by atoms with E-state index in [1.807, 2.05) is 0 Å². The summed E-state index contributed by atoms with van der Waals surface area (Å²) in [6.45, 7) is 14.4. The van der Waals surface area contributed by atoms with Crippen LogP contribution >= 0.6 is 0 Å². The Kier molecular flexibility index (Phi) is 9.97. The minimum Gasteiger partial charge on any atom is -0.0654 e. The Morgan fingerprint density at radius 2 is 1.24 bits per heavy atom. The third kappa shape index (κ3) is 7.84. The van der Waals surface area contributed by atoms with Crippen molar-refractivity contribution in [3.05, 3.63) is 0 Å². The summed E-state index contributed by atoms with van der Waals surface area (Å²) in [4.78, 5) is 0. The van der Waals surface area contributed by atoms with Gasteiger partial charge in [-0.1, -0.05) is 86.5 Å². The molecule has 0 nitrogen and oxygen atoms in total. The van der Waals surface area contributed by atoms with Crippen molar-refractivity contribution in [3.8, 4) is 0 Å². The Labute approximate surface area is 111 Å². The van der Waals surface area contributed by atoms with Crippen LogP contribution in [0.2, 0.25) is 0 Å². The second-order valence-electron chi connectivity index (χ2n) is 6.43. The third-order valence-corrected chi connectivity index (χ3v) is 4.70. The van der Waals surface area contributed by atoms with Crippen LogP contribution in [0.4, 0.5) is 0 Å². The average Bonchev–Trinajstić information content (AvgIpc) is 2.32. The maximum absolute atomic E-state index is 2.46. The summed E-state index contributed by atoms with van der Waals surface area (Å²) in [5.41, 5.74) is 0. The van der Waals surface area contributed by atoms with Gasteiger partial charge in [0, 0.05) is 0 Å². The van der Waals surface area contributed by atoms with Crippen molar-refractivity contribution in [3.63, 3.8) is 0 Å². The lowest BCUT2D eigenvalue weighted by atomic mass is 9.79. The van der Waals surface area contributed by atoms with Gasteiger partial charge in [-0.25, -0.2) is 0 Å². The van der Waals surface area contributed by atoms with Gasteiger partial charge in [-0.15, -0.1) is 0 Å². The Morgan fingerprint density at radius 1 is 0.647 bits per heavy atom. The molecule has 0 aromatic carbocycles. The zero-order valence-corrected chi connectivity index (χ0v) is 13.3. The van der Waals surface area contributed by atoms with Crippen molar-refractivity contribution in [2.45, 2.75) is 86.5 Å². The first-order chi connectivity index (χ1) is 8.02. The fourth-order valence-electron chi connectivity index (χ4n) is 2.79. The summed E-state index contributed by atoms with van der Waals surface area (Å²) in [6.07, 6.45) is 9.80. The van der Waals surface area contributed by atoms with Gasteiger partial charge < -0.3 is 0 Å². The molecule has 0 aliphatic heterocycles. The van der Waals surface area contributed by atoms with Crippen molar-refractivity contribution in [2.75, 3.05) is 0 Å². The molecule has 0 aliphatic rings. The number of hydrogen-bond acceptors (Lipinski definition) is 0. The van der Waals surface area contributed by atoms with E-state index >= 15 is 0 Å². The maximum atomic E-state index is 2.46. The van der Waals surface area contributed by atoms with Crippen LogP contribution in [0.5, 0.6) is 0 Å². The van der Waals surface area contributed by atoms with E-state index in [1.54, 1.807) is 0 Å². The van der Waals surface area contributed by atoms with Crippen LogP contribution in [-0.2, 0) is 0 Å². The normalized spacial score (nSPS) is 18.7. The van der Waals surface area contributed by atoms with E-state index < -0.39 is 0 Å². The van der Waals surface area contributed by atoms with E-state index in [-0.39, 0.29) is 0 Å². The molecular weight excluding hydrogens is 204 g/mol. The quantitative estimate of drug-likeness (QED) is 0.420. The molecule has 0 rings (SSSR count). The van der Waals surface area contributed by atoms with Gasteiger partial charge in [0.25, 0.3) is 0 Å². The number of unbranched alkanes of at least 4 members (excludes halogenated alkanes) is 1. The van der Waals surface area contributed by atoms with Crippen molar-refractivity contribution in [1.82, 2.24) is 0 Å². The summed E-state index contributed by atoms with van der Waals surface area (Å²) < 4.78 is 0. The molecule has 0 saturated carbocycles. The van der Waals surface area contributed by atoms with Crippen LogP contribution in [-0.4, -0.2) is 0 Å². The van der Waals surface area contributed by atoms with Crippen LogP contribution < -0.4 is 0 Å². The molecule has 0 saturated heterocycles. The molecule has 0 amide bonds. The second-order valence-corrected chi connectivity index (χ2v) is 6.43. The molecule has 4 atom stereocenters. The van der Waals surface area contributed by atoms with E-state index in [1.165, 1.54) is 44.9 Å². The fraction of sp³-hybridized carbons (Fsp3) is 1.00. The van der Waals surface area contributed by atoms with Crippen molar-refractivity contribution >= 4 is 0 Å². The smallest absolute Gasteiger partial charge is 0.0391 e. The molecule has 4 unspecified atom stereocenters. The van der Waals surface area contributed by atoms with Crippen molar-refractivity contribution < 1.29 is 0 Å². The van der Waals surface area contributed by atoms with Gasteiger partial charge in [0.05, 0.1) is 0 Å². The number of hydrogen-bond donors (Lipinski definition) is 0. The largest absolute Gasteiger partial charge is 0.0654 e. The van der Waals surface area contributed by atoms with Crippen LogP contribution in [0.1, 0.15) is 86.5 Å². The van der Waals surface area contributed by atoms with Gasteiger partial charge in [-0.2, -0.15) is 0 Å². The Bertz CT molecular complexity index is 161.